The summed E-state index contributed by atoms with van der Waals surface area (Å²) in [4.78, 5) is 30.3. The molecule has 1 aliphatic heterocycles. The minimum atomic E-state index is -0.170. The lowest BCUT2D eigenvalue weighted by Gasteiger charge is -2.12. The molecule has 0 aromatic carbocycles. The van der Waals surface area contributed by atoms with Gasteiger partial charge in [0.1, 0.15) is 5.65 Å². The van der Waals surface area contributed by atoms with Crippen molar-refractivity contribution in [2.24, 2.45) is 0 Å². The molecular formula is C18H21N3O3S. The number of allylic oxidation sites excluding steroid dienone is 1. The third-order valence-corrected chi connectivity index (χ3v) is 4.87. The Hall–Kier alpha value is -2.28. The van der Waals surface area contributed by atoms with Crippen LogP contribution in [0.5, 0.6) is 5.88 Å². The van der Waals surface area contributed by atoms with Gasteiger partial charge in [-0.05, 0) is 43.2 Å². The number of imide groups is 1. The van der Waals surface area contributed by atoms with Crippen LogP contribution in [-0.2, 0) is 4.79 Å². The van der Waals surface area contributed by atoms with Gasteiger partial charge in [-0.15, -0.1) is 0 Å². The molecule has 0 atom stereocenters. The van der Waals surface area contributed by atoms with Crippen molar-refractivity contribution in [1.29, 1.82) is 0 Å². The summed E-state index contributed by atoms with van der Waals surface area (Å²) >= 11 is 1.04. The largest absolute Gasteiger partial charge is 0.479 e. The van der Waals surface area contributed by atoms with Crippen LogP contribution < -0.4 is 4.74 Å². The number of imidazole rings is 1. The van der Waals surface area contributed by atoms with Crippen molar-refractivity contribution in [1.82, 2.24) is 14.3 Å². The molecule has 0 unspecified atom stereocenters. The standard InChI is InChI=1S/C18H21N3O3S/c1-2-3-7-14-17(22)21(18(23)25-14)11-4-5-13-24-16-9-6-8-15-19-10-12-20(15)16/h6-10,12H,2-5,11,13H2,1H3/b14-7-. The van der Waals surface area contributed by atoms with E-state index in [0.29, 0.717) is 18.1 Å². The van der Waals surface area contributed by atoms with E-state index in [-0.39, 0.29) is 11.1 Å². The summed E-state index contributed by atoms with van der Waals surface area (Å²) in [5.41, 5.74) is 0.842. The first-order chi connectivity index (χ1) is 12.2. The summed E-state index contributed by atoms with van der Waals surface area (Å²) in [6.45, 7) is 3.01. The monoisotopic (exact) mass is 359 g/mol. The second-order valence-electron chi connectivity index (χ2n) is 5.76. The SMILES string of the molecule is CCC/C=C1\SC(=O)N(CCCCOc2cccc3nccn23)C1=O. The highest BCUT2D eigenvalue weighted by Gasteiger charge is 2.34. The zero-order valence-corrected chi connectivity index (χ0v) is 15.0. The summed E-state index contributed by atoms with van der Waals surface area (Å²) in [5, 5.41) is -0.170. The second kappa shape index (κ2) is 8.20. The minimum Gasteiger partial charge on any atom is -0.479 e. The molecule has 132 valence electrons. The average Bonchev–Trinajstić information content (AvgIpc) is 3.19. The minimum absolute atomic E-state index is 0.160. The molecule has 0 saturated carbocycles. The van der Waals surface area contributed by atoms with Crippen LogP contribution >= 0.6 is 11.8 Å². The molecule has 25 heavy (non-hydrogen) atoms. The van der Waals surface area contributed by atoms with Gasteiger partial charge in [-0.3, -0.25) is 18.9 Å². The first kappa shape index (κ1) is 17.5. The number of amides is 2. The Balaban J connectivity index is 1.45. The van der Waals surface area contributed by atoms with E-state index in [0.717, 1.165) is 49.0 Å². The van der Waals surface area contributed by atoms with Crippen LogP contribution in [0.4, 0.5) is 4.79 Å². The van der Waals surface area contributed by atoms with Crippen molar-refractivity contribution in [2.45, 2.75) is 32.6 Å². The Morgan fingerprint density at radius 2 is 2.16 bits per heavy atom. The number of ether oxygens (including phenoxy) is 1. The smallest absolute Gasteiger partial charge is 0.293 e. The van der Waals surface area contributed by atoms with E-state index < -0.39 is 0 Å². The number of carbonyl (C=O) groups excluding carboxylic acids is 2. The molecule has 6 nitrogen and oxygen atoms in total. The highest BCUT2D eigenvalue weighted by atomic mass is 32.2. The fourth-order valence-electron chi connectivity index (χ4n) is 2.59. The maximum Gasteiger partial charge on any atom is 0.293 e. The summed E-state index contributed by atoms with van der Waals surface area (Å²) in [6, 6.07) is 5.71. The predicted octanol–water partition coefficient (Wildman–Crippen LogP) is 3.87. The molecular weight excluding hydrogens is 338 g/mol. The van der Waals surface area contributed by atoms with E-state index in [2.05, 4.69) is 4.98 Å². The summed E-state index contributed by atoms with van der Waals surface area (Å²) in [5.74, 6) is 0.580. The van der Waals surface area contributed by atoms with Crippen LogP contribution in [0.2, 0.25) is 0 Å². The highest BCUT2D eigenvalue weighted by Crippen LogP contribution is 2.31. The topological polar surface area (TPSA) is 63.9 Å². The Labute approximate surface area is 150 Å². The zero-order valence-electron chi connectivity index (χ0n) is 14.2. The number of fused-ring (bicyclic) bond motifs is 1. The molecule has 1 fully saturated rings. The van der Waals surface area contributed by atoms with Crippen molar-refractivity contribution in [2.75, 3.05) is 13.2 Å². The van der Waals surface area contributed by atoms with Crippen molar-refractivity contribution in [3.8, 4) is 5.88 Å². The van der Waals surface area contributed by atoms with Gasteiger partial charge >= 0.3 is 0 Å². The number of unbranched alkanes of at least 4 members (excludes halogenated alkanes) is 2. The van der Waals surface area contributed by atoms with Crippen molar-refractivity contribution in [3.63, 3.8) is 0 Å². The number of hydrogen-bond acceptors (Lipinski definition) is 5. The van der Waals surface area contributed by atoms with Gasteiger partial charge in [0.05, 0.1) is 11.5 Å². The van der Waals surface area contributed by atoms with Crippen LogP contribution in [0, 0.1) is 0 Å². The van der Waals surface area contributed by atoms with E-state index in [4.69, 9.17) is 4.74 Å². The number of aromatic nitrogens is 2. The summed E-state index contributed by atoms with van der Waals surface area (Å²) in [7, 11) is 0. The van der Waals surface area contributed by atoms with Crippen molar-refractivity contribution >= 4 is 28.6 Å². The van der Waals surface area contributed by atoms with Gasteiger partial charge in [0, 0.05) is 18.9 Å². The quantitative estimate of drug-likeness (QED) is 0.529. The molecule has 0 radical (unpaired) electrons. The van der Waals surface area contributed by atoms with Crippen LogP contribution in [0.15, 0.2) is 41.6 Å². The van der Waals surface area contributed by atoms with Crippen LogP contribution in [0.25, 0.3) is 5.65 Å². The van der Waals surface area contributed by atoms with Crippen molar-refractivity contribution in [3.05, 3.63) is 41.6 Å². The predicted molar refractivity (Wildman–Crippen MR) is 97.6 cm³/mol. The molecule has 3 heterocycles. The first-order valence-corrected chi connectivity index (χ1v) is 9.31. The van der Waals surface area contributed by atoms with E-state index in [1.54, 1.807) is 6.20 Å². The molecule has 1 saturated heterocycles. The Morgan fingerprint density at radius 1 is 1.28 bits per heavy atom. The lowest BCUT2D eigenvalue weighted by molar-refractivity contribution is -0.122. The average molecular weight is 359 g/mol. The molecule has 2 aromatic heterocycles. The van der Waals surface area contributed by atoms with E-state index in [1.165, 1.54) is 4.90 Å². The van der Waals surface area contributed by atoms with Gasteiger partial charge in [0.25, 0.3) is 11.1 Å². The number of pyridine rings is 1. The Bertz CT molecular complexity index is 800. The second-order valence-corrected chi connectivity index (χ2v) is 6.75. The number of carbonyl (C=O) groups is 2. The lowest BCUT2D eigenvalue weighted by Crippen LogP contribution is -2.29. The fourth-order valence-corrected chi connectivity index (χ4v) is 3.46. The molecule has 2 aromatic rings. The zero-order chi connectivity index (χ0) is 17.6. The number of rotatable bonds is 8. The number of hydrogen-bond donors (Lipinski definition) is 0. The number of thioether (sulfide) groups is 1. The number of nitrogens with zero attached hydrogens (tertiary/aromatic N) is 3. The molecule has 0 spiro atoms. The van der Waals surface area contributed by atoms with Crippen molar-refractivity contribution < 1.29 is 14.3 Å². The molecule has 0 aliphatic carbocycles. The van der Waals surface area contributed by atoms with E-state index in [1.807, 2.05) is 41.8 Å². The van der Waals surface area contributed by atoms with Gasteiger partial charge in [-0.1, -0.05) is 25.5 Å². The first-order valence-electron chi connectivity index (χ1n) is 8.49. The molecule has 1 aliphatic rings. The van der Waals surface area contributed by atoms with E-state index >= 15 is 0 Å². The normalized spacial score (nSPS) is 16.4. The van der Waals surface area contributed by atoms with Gasteiger partial charge in [0.15, 0.2) is 5.88 Å². The molecule has 2 amide bonds. The molecule has 3 rings (SSSR count). The van der Waals surface area contributed by atoms with Gasteiger partial charge in [-0.25, -0.2) is 4.98 Å². The van der Waals surface area contributed by atoms with Gasteiger partial charge in [-0.2, -0.15) is 0 Å². The maximum atomic E-state index is 12.2. The van der Waals surface area contributed by atoms with E-state index in [9.17, 15) is 9.59 Å². The maximum absolute atomic E-state index is 12.2. The van der Waals surface area contributed by atoms with Gasteiger partial charge in [0.2, 0.25) is 0 Å². The summed E-state index contributed by atoms with van der Waals surface area (Å²) < 4.78 is 7.67. The highest BCUT2D eigenvalue weighted by molar-refractivity contribution is 8.18. The molecule has 0 bridgehead atoms. The van der Waals surface area contributed by atoms with Crippen LogP contribution in [-0.4, -0.2) is 38.6 Å². The van der Waals surface area contributed by atoms with Crippen LogP contribution in [0.3, 0.4) is 0 Å². The third kappa shape index (κ3) is 4.04. The van der Waals surface area contributed by atoms with Gasteiger partial charge < -0.3 is 4.74 Å². The Morgan fingerprint density at radius 3 is 3.00 bits per heavy atom. The summed E-state index contributed by atoms with van der Waals surface area (Å²) in [6.07, 6.45) is 8.72. The van der Waals surface area contributed by atoms with Crippen LogP contribution in [0.1, 0.15) is 32.6 Å². The fraction of sp³-hybridized carbons (Fsp3) is 0.389. The molecule has 7 heteroatoms. The third-order valence-electron chi connectivity index (χ3n) is 3.91. The lowest BCUT2D eigenvalue weighted by atomic mass is 10.3. The Kier molecular flexibility index (Phi) is 5.75. The molecule has 0 N–H and O–H groups in total.